The molecule has 1 heterocycles. The van der Waals surface area contributed by atoms with Crippen molar-refractivity contribution in [3.63, 3.8) is 0 Å². The van der Waals surface area contributed by atoms with Gasteiger partial charge in [0.1, 0.15) is 11.2 Å². The molecule has 12 heteroatoms. The van der Waals surface area contributed by atoms with E-state index in [1.54, 1.807) is 0 Å². The van der Waals surface area contributed by atoms with Crippen molar-refractivity contribution in [2.24, 2.45) is 11.3 Å². The van der Waals surface area contributed by atoms with Crippen molar-refractivity contribution in [2.45, 2.75) is 38.0 Å². The van der Waals surface area contributed by atoms with Gasteiger partial charge in [-0.2, -0.15) is 26.3 Å². The van der Waals surface area contributed by atoms with Crippen LogP contribution in [0.1, 0.15) is 41.6 Å². The van der Waals surface area contributed by atoms with Gasteiger partial charge in [0.15, 0.2) is 0 Å². The fraction of sp³-hybridized carbons (Fsp3) is 0.636. The van der Waals surface area contributed by atoms with Crippen molar-refractivity contribution in [3.05, 3.63) is 35.1 Å². The third-order valence-electron chi connectivity index (χ3n) is 6.55. The molecular weight excluding hydrogens is 471 g/mol. The molecule has 1 aliphatic heterocycles. The van der Waals surface area contributed by atoms with E-state index in [2.05, 4.69) is 5.32 Å². The number of hydrogen-bond acceptors (Lipinski definition) is 3. The number of alkyl halides is 6. The van der Waals surface area contributed by atoms with Gasteiger partial charge < -0.3 is 15.1 Å². The Morgan fingerprint density at radius 1 is 1.09 bits per heavy atom. The van der Waals surface area contributed by atoms with Crippen molar-refractivity contribution >= 4 is 11.8 Å². The number of likely N-dealkylation sites (N-methyl/N-ethyl adjacent to an activating group) is 1. The van der Waals surface area contributed by atoms with Crippen LogP contribution in [0.5, 0.6) is 0 Å². The van der Waals surface area contributed by atoms with Gasteiger partial charge in [-0.25, -0.2) is 4.39 Å². The molecule has 0 aromatic heterocycles. The van der Waals surface area contributed by atoms with Gasteiger partial charge in [0, 0.05) is 32.2 Å². The smallest absolute Gasteiger partial charge is 0.352 e. The topological polar surface area (TPSA) is 52.6 Å². The van der Waals surface area contributed by atoms with E-state index >= 15 is 0 Å². The molecule has 2 fully saturated rings. The minimum absolute atomic E-state index is 0.0511. The van der Waals surface area contributed by atoms with Gasteiger partial charge in [-0.1, -0.05) is 0 Å². The van der Waals surface area contributed by atoms with Crippen LogP contribution in [0, 0.1) is 17.2 Å². The zero-order valence-electron chi connectivity index (χ0n) is 18.5. The summed E-state index contributed by atoms with van der Waals surface area (Å²) in [5.41, 5.74) is -3.88. The molecule has 190 valence electrons. The quantitative estimate of drug-likeness (QED) is 0.578. The summed E-state index contributed by atoms with van der Waals surface area (Å²) in [6.45, 7) is 1.99. The van der Waals surface area contributed by atoms with Crippen LogP contribution in [0.4, 0.5) is 30.7 Å². The van der Waals surface area contributed by atoms with Gasteiger partial charge >= 0.3 is 12.4 Å². The Morgan fingerprint density at radius 2 is 1.71 bits per heavy atom. The van der Waals surface area contributed by atoms with Crippen LogP contribution in [0.25, 0.3) is 0 Å². The number of nitrogens with zero attached hydrogens (tertiary/aromatic N) is 2. The van der Waals surface area contributed by atoms with E-state index in [1.165, 1.54) is 7.05 Å². The zero-order valence-corrected chi connectivity index (χ0v) is 18.5. The summed E-state index contributed by atoms with van der Waals surface area (Å²) in [4.78, 5) is 27.6. The number of likely N-dealkylation sites (tertiary alicyclic amines) is 1. The lowest BCUT2D eigenvalue weighted by Gasteiger charge is -2.33. The van der Waals surface area contributed by atoms with Gasteiger partial charge in [0.25, 0.3) is 5.91 Å². The first kappa shape index (κ1) is 26.2. The molecule has 5 nitrogen and oxygen atoms in total. The summed E-state index contributed by atoms with van der Waals surface area (Å²) in [5.74, 6) is -2.80. The summed E-state index contributed by atoms with van der Waals surface area (Å²) >= 11 is 0. The van der Waals surface area contributed by atoms with E-state index < -0.39 is 46.5 Å². The lowest BCUT2D eigenvalue weighted by Crippen LogP contribution is -2.46. The Hall–Kier alpha value is -2.37. The normalized spacial score (nSPS) is 19.1. The standard InChI is InChI=1S/C22H26F7N3O2/c1-31(19(34)20(4-5-20)22(27,28)29)8-9-32-6-2-14(3-7-32)13-30-18(33)15-10-16(21(24,25)26)12-17(23)11-15/h10-12,14H,2-9,13H2,1H3,(H,30,33). The average molecular weight is 497 g/mol. The van der Waals surface area contributed by atoms with Crippen LogP contribution in [-0.2, 0) is 11.0 Å². The van der Waals surface area contributed by atoms with Crippen molar-refractivity contribution in [2.75, 3.05) is 39.8 Å². The molecule has 3 rings (SSSR count). The Balaban J connectivity index is 1.41. The van der Waals surface area contributed by atoms with Crippen LogP contribution < -0.4 is 5.32 Å². The average Bonchev–Trinajstić information content (AvgIpc) is 3.57. The highest BCUT2D eigenvalue weighted by Gasteiger charge is 2.69. The fourth-order valence-electron chi connectivity index (χ4n) is 4.14. The van der Waals surface area contributed by atoms with Gasteiger partial charge in [-0.3, -0.25) is 9.59 Å². The molecule has 2 amide bonds. The summed E-state index contributed by atoms with van der Waals surface area (Å²) in [6, 6.07) is 1.67. The molecule has 1 saturated heterocycles. The first-order chi connectivity index (χ1) is 15.7. The van der Waals surface area contributed by atoms with E-state index in [9.17, 15) is 40.3 Å². The van der Waals surface area contributed by atoms with Crippen molar-refractivity contribution in [1.82, 2.24) is 15.1 Å². The van der Waals surface area contributed by atoms with Gasteiger partial charge in [-0.05, 0) is 62.9 Å². The second-order valence-corrected chi connectivity index (χ2v) is 9.03. The lowest BCUT2D eigenvalue weighted by atomic mass is 9.96. The maximum absolute atomic E-state index is 13.5. The predicted molar refractivity (Wildman–Crippen MR) is 108 cm³/mol. The van der Waals surface area contributed by atoms with Crippen LogP contribution >= 0.6 is 0 Å². The molecule has 2 aliphatic rings. The number of piperidine rings is 1. The first-order valence-electron chi connectivity index (χ1n) is 10.9. The predicted octanol–water partition coefficient (Wildman–Crippen LogP) is 4.09. The van der Waals surface area contributed by atoms with Crippen LogP contribution in [-0.4, -0.2) is 67.6 Å². The molecule has 0 radical (unpaired) electrons. The summed E-state index contributed by atoms with van der Waals surface area (Å²) < 4.78 is 91.3. The molecule has 0 unspecified atom stereocenters. The Labute approximate surface area is 192 Å². The van der Waals surface area contributed by atoms with Crippen molar-refractivity contribution in [3.8, 4) is 0 Å². The number of nitrogens with one attached hydrogen (secondary N) is 1. The zero-order chi connectivity index (χ0) is 25.3. The van der Waals surface area contributed by atoms with E-state index in [0.29, 0.717) is 44.6 Å². The number of hydrogen-bond donors (Lipinski definition) is 1. The van der Waals surface area contributed by atoms with E-state index in [-0.39, 0.29) is 31.8 Å². The Kier molecular flexibility index (Phi) is 7.49. The molecule has 1 N–H and O–H groups in total. The second-order valence-electron chi connectivity index (χ2n) is 9.03. The number of rotatable bonds is 7. The second kappa shape index (κ2) is 9.71. The molecule has 34 heavy (non-hydrogen) atoms. The molecule has 1 aliphatic carbocycles. The summed E-state index contributed by atoms with van der Waals surface area (Å²) in [7, 11) is 1.37. The van der Waals surface area contributed by atoms with Crippen LogP contribution in [0.3, 0.4) is 0 Å². The molecule has 1 aromatic rings. The van der Waals surface area contributed by atoms with Crippen molar-refractivity contribution in [1.29, 1.82) is 0 Å². The molecule has 0 spiro atoms. The van der Waals surface area contributed by atoms with Crippen molar-refractivity contribution < 1.29 is 40.3 Å². The molecular formula is C22H26F7N3O2. The number of amides is 2. The van der Waals surface area contributed by atoms with Crippen LogP contribution in [0.15, 0.2) is 18.2 Å². The van der Waals surface area contributed by atoms with E-state index in [1.807, 2.05) is 4.90 Å². The third-order valence-corrected chi connectivity index (χ3v) is 6.55. The number of carbonyl (C=O) groups excluding carboxylic acids is 2. The summed E-state index contributed by atoms with van der Waals surface area (Å²) in [6.07, 6.45) is -8.35. The largest absolute Gasteiger partial charge is 0.416 e. The SMILES string of the molecule is CN(CCN1CCC(CNC(=O)c2cc(F)cc(C(F)(F)F)c2)CC1)C(=O)C1(C(F)(F)F)CC1. The minimum Gasteiger partial charge on any atom is -0.352 e. The van der Waals surface area contributed by atoms with Gasteiger partial charge in [0.2, 0.25) is 5.91 Å². The van der Waals surface area contributed by atoms with Gasteiger partial charge in [-0.15, -0.1) is 0 Å². The number of carbonyl (C=O) groups is 2. The molecule has 0 bridgehead atoms. The molecule has 1 saturated carbocycles. The number of halogens is 7. The number of benzene rings is 1. The van der Waals surface area contributed by atoms with E-state index in [4.69, 9.17) is 0 Å². The maximum Gasteiger partial charge on any atom is 0.416 e. The highest BCUT2D eigenvalue weighted by molar-refractivity contribution is 5.94. The first-order valence-corrected chi connectivity index (χ1v) is 10.9. The maximum atomic E-state index is 13.5. The Bertz CT molecular complexity index is 905. The minimum atomic E-state index is -4.77. The highest BCUT2D eigenvalue weighted by Crippen LogP contribution is 2.58. The van der Waals surface area contributed by atoms with Gasteiger partial charge in [0.05, 0.1) is 5.56 Å². The monoisotopic (exact) mass is 497 g/mol. The molecule has 0 atom stereocenters. The van der Waals surface area contributed by atoms with E-state index in [0.717, 1.165) is 11.0 Å². The fourth-order valence-corrected chi connectivity index (χ4v) is 4.14. The molecule has 1 aromatic carbocycles. The Morgan fingerprint density at radius 3 is 2.24 bits per heavy atom. The van der Waals surface area contributed by atoms with Crippen LogP contribution in [0.2, 0.25) is 0 Å². The summed E-state index contributed by atoms with van der Waals surface area (Å²) in [5, 5.41) is 2.54. The third kappa shape index (κ3) is 6.00. The highest BCUT2D eigenvalue weighted by atomic mass is 19.4. The lowest BCUT2D eigenvalue weighted by molar-refractivity contribution is -0.197.